The summed E-state index contributed by atoms with van der Waals surface area (Å²) < 4.78 is 0. The van der Waals surface area contributed by atoms with E-state index in [0.29, 0.717) is 12.1 Å². The minimum Gasteiger partial charge on any atom is -0.349 e. The number of hydrogen-bond acceptors (Lipinski definition) is 4. The van der Waals surface area contributed by atoms with Crippen LogP contribution in [0.5, 0.6) is 0 Å². The van der Waals surface area contributed by atoms with Crippen LogP contribution in [0.25, 0.3) is 6.08 Å². The van der Waals surface area contributed by atoms with Gasteiger partial charge in [0.05, 0.1) is 10.5 Å². The van der Waals surface area contributed by atoms with Crippen LogP contribution in [0.15, 0.2) is 30.3 Å². The molecule has 18 heavy (non-hydrogen) atoms. The number of para-hydroxylation sites is 1. The van der Waals surface area contributed by atoms with Crippen molar-refractivity contribution >= 4 is 17.7 Å². The Balaban J connectivity index is 2.78. The number of nitrogens with one attached hydrogen (secondary N) is 1. The Labute approximate surface area is 105 Å². The summed E-state index contributed by atoms with van der Waals surface area (Å²) in [6.07, 6.45) is 2.67. The van der Waals surface area contributed by atoms with E-state index in [1.807, 2.05) is 0 Å². The molecule has 0 fully saturated rings. The first-order valence-electron chi connectivity index (χ1n) is 5.46. The van der Waals surface area contributed by atoms with E-state index in [1.165, 1.54) is 18.2 Å². The summed E-state index contributed by atoms with van der Waals surface area (Å²) in [6, 6.07) is 6.08. The molecule has 0 aliphatic rings. The van der Waals surface area contributed by atoms with Crippen molar-refractivity contribution in [2.75, 3.05) is 6.54 Å². The third-order valence-corrected chi connectivity index (χ3v) is 2.29. The number of carbonyl (C=O) groups excluding carboxylic acids is 1. The molecule has 0 aliphatic carbocycles. The van der Waals surface area contributed by atoms with Gasteiger partial charge in [0.25, 0.3) is 5.69 Å². The van der Waals surface area contributed by atoms with Gasteiger partial charge < -0.3 is 11.1 Å². The number of nitro benzene ring substituents is 1. The normalized spacial score (nSPS) is 12.3. The van der Waals surface area contributed by atoms with Crippen molar-refractivity contribution < 1.29 is 9.72 Å². The van der Waals surface area contributed by atoms with Crippen molar-refractivity contribution in [1.82, 2.24) is 5.32 Å². The van der Waals surface area contributed by atoms with Crippen molar-refractivity contribution in [3.63, 3.8) is 0 Å². The molecule has 1 rings (SSSR count). The van der Waals surface area contributed by atoms with Crippen molar-refractivity contribution in [2.24, 2.45) is 5.73 Å². The zero-order chi connectivity index (χ0) is 13.5. The fourth-order valence-corrected chi connectivity index (χ4v) is 1.31. The first-order valence-corrected chi connectivity index (χ1v) is 5.46. The van der Waals surface area contributed by atoms with E-state index in [1.54, 1.807) is 25.1 Å². The highest BCUT2D eigenvalue weighted by molar-refractivity contribution is 5.92. The fraction of sp³-hybridized carbons (Fsp3) is 0.250. The number of carbonyl (C=O) groups is 1. The molecule has 1 aromatic rings. The van der Waals surface area contributed by atoms with E-state index in [9.17, 15) is 14.9 Å². The minimum atomic E-state index is -0.486. The van der Waals surface area contributed by atoms with Gasteiger partial charge in [0.1, 0.15) is 0 Å². The first-order chi connectivity index (χ1) is 8.54. The zero-order valence-electron chi connectivity index (χ0n) is 10.00. The largest absolute Gasteiger partial charge is 0.349 e. The lowest BCUT2D eigenvalue weighted by molar-refractivity contribution is -0.385. The second kappa shape index (κ2) is 6.51. The van der Waals surface area contributed by atoms with E-state index in [0.717, 1.165) is 0 Å². The maximum Gasteiger partial charge on any atom is 0.276 e. The summed E-state index contributed by atoms with van der Waals surface area (Å²) in [6.45, 7) is 2.11. The maximum absolute atomic E-state index is 11.4. The fourth-order valence-electron chi connectivity index (χ4n) is 1.31. The third kappa shape index (κ3) is 3.99. The van der Waals surface area contributed by atoms with Gasteiger partial charge in [0, 0.05) is 24.7 Å². The molecule has 1 amide bonds. The monoisotopic (exact) mass is 249 g/mol. The minimum absolute atomic E-state index is 0.0339. The molecule has 0 unspecified atom stereocenters. The van der Waals surface area contributed by atoms with Crippen molar-refractivity contribution in [1.29, 1.82) is 0 Å². The Morgan fingerprint density at radius 1 is 1.56 bits per heavy atom. The van der Waals surface area contributed by atoms with Gasteiger partial charge in [-0.1, -0.05) is 12.1 Å². The van der Waals surface area contributed by atoms with Crippen LogP contribution in [0.2, 0.25) is 0 Å². The van der Waals surface area contributed by atoms with E-state index in [4.69, 9.17) is 5.73 Å². The topological polar surface area (TPSA) is 98.3 Å². The average Bonchev–Trinajstić information content (AvgIpc) is 2.36. The smallest absolute Gasteiger partial charge is 0.276 e. The van der Waals surface area contributed by atoms with Gasteiger partial charge in [-0.25, -0.2) is 0 Å². The summed E-state index contributed by atoms with van der Waals surface area (Å²) in [5.74, 6) is -0.328. The Hall–Kier alpha value is -2.21. The Morgan fingerprint density at radius 2 is 2.22 bits per heavy atom. The molecule has 96 valence electrons. The molecular weight excluding hydrogens is 234 g/mol. The van der Waals surface area contributed by atoms with Crippen molar-refractivity contribution in [3.8, 4) is 0 Å². The van der Waals surface area contributed by atoms with Gasteiger partial charge in [-0.05, 0) is 19.1 Å². The predicted molar refractivity (Wildman–Crippen MR) is 68.8 cm³/mol. The highest BCUT2D eigenvalue weighted by Gasteiger charge is 2.09. The molecule has 0 aliphatic heterocycles. The van der Waals surface area contributed by atoms with Gasteiger partial charge >= 0.3 is 0 Å². The van der Waals surface area contributed by atoms with Crippen LogP contribution in [0.1, 0.15) is 12.5 Å². The molecule has 0 heterocycles. The lowest BCUT2D eigenvalue weighted by Gasteiger charge is -2.08. The van der Waals surface area contributed by atoms with E-state index >= 15 is 0 Å². The summed E-state index contributed by atoms with van der Waals surface area (Å²) in [7, 11) is 0. The zero-order valence-corrected chi connectivity index (χ0v) is 10.00. The third-order valence-electron chi connectivity index (χ3n) is 2.29. The molecule has 1 aromatic carbocycles. The number of benzene rings is 1. The number of hydrogen-bond donors (Lipinski definition) is 2. The van der Waals surface area contributed by atoms with Gasteiger partial charge in [-0.3, -0.25) is 14.9 Å². The Morgan fingerprint density at radius 3 is 2.83 bits per heavy atom. The molecule has 3 N–H and O–H groups in total. The van der Waals surface area contributed by atoms with Crippen LogP contribution in [-0.2, 0) is 4.79 Å². The second-order valence-corrected chi connectivity index (χ2v) is 3.79. The molecule has 0 saturated heterocycles. The molecule has 0 bridgehead atoms. The number of rotatable bonds is 5. The number of nitro groups is 1. The predicted octanol–water partition coefficient (Wildman–Crippen LogP) is 1.07. The molecule has 6 nitrogen and oxygen atoms in total. The summed E-state index contributed by atoms with van der Waals surface area (Å²) in [5, 5.41) is 13.4. The molecule has 1 atom stereocenters. The lowest BCUT2D eigenvalue weighted by Crippen LogP contribution is -2.36. The molecule has 0 aromatic heterocycles. The number of nitrogens with zero attached hydrogens (tertiary/aromatic N) is 1. The van der Waals surface area contributed by atoms with Crippen molar-refractivity contribution in [3.05, 3.63) is 46.0 Å². The summed E-state index contributed by atoms with van der Waals surface area (Å²) in [4.78, 5) is 21.7. The van der Waals surface area contributed by atoms with E-state index in [-0.39, 0.29) is 17.6 Å². The molecule has 6 heteroatoms. The quantitative estimate of drug-likeness (QED) is 0.463. The van der Waals surface area contributed by atoms with Gasteiger partial charge in [0.15, 0.2) is 0 Å². The Bertz CT molecular complexity index is 471. The van der Waals surface area contributed by atoms with Crippen LogP contribution >= 0.6 is 0 Å². The van der Waals surface area contributed by atoms with Crippen LogP contribution in [0.3, 0.4) is 0 Å². The summed E-state index contributed by atoms with van der Waals surface area (Å²) in [5.41, 5.74) is 5.72. The standard InChI is InChI=1S/C12H15N3O3/c1-9(8-13)14-12(16)7-6-10-4-2-3-5-11(10)15(17)18/h2-7,9H,8,13H2,1H3,(H,14,16)/b7-6+/t9-/m1/s1. The van der Waals surface area contributed by atoms with Crippen molar-refractivity contribution in [2.45, 2.75) is 13.0 Å². The number of amides is 1. The molecule has 0 saturated carbocycles. The van der Waals surface area contributed by atoms with Crippen LogP contribution in [0, 0.1) is 10.1 Å². The summed E-state index contributed by atoms with van der Waals surface area (Å²) >= 11 is 0. The van der Waals surface area contributed by atoms with Crippen LogP contribution in [-0.4, -0.2) is 23.4 Å². The highest BCUT2D eigenvalue weighted by atomic mass is 16.6. The van der Waals surface area contributed by atoms with Crippen LogP contribution < -0.4 is 11.1 Å². The van der Waals surface area contributed by atoms with E-state index < -0.39 is 4.92 Å². The number of nitrogens with two attached hydrogens (primary N) is 1. The average molecular weight is 249 g/mol. The lowest BCUT2D eigenvalue weighted by atomic mass is 10.1. The molecule has 0 spiro atoms. The maximum atomic E-state index is 11.4. The first kappa shape index (κ1) is 13.9. The van der Waals surface area contributed by atoms with Gasteiger partial charge in [0.2, 0.25) is 5.91 Å². The Kier molecular flexibility index (Phi) is 5.01. The molecule has 0 radical (unpaired) electrons. The molecular formula is C12H15N3O3. The second-order valence-electron chi connectivity index (χ2n) is 3.79. The van der Waals surface area contributed by atoms with Gasteiger partial charge in [-0.15, -0.1) is 0 Å². The highest BCUT2D eigenvalue weighted by Crippen LogP contribution is 2.18. The van der Waals surface area contributed by atoms with Crippen LogP contribution in [0.4, 0.5) is 5.69 Å². The SMILES string of the molecule is C[C@H](CN)NC(=O)/C=C/c1ccccc1[N+](=O)[O-]. The van der Waals surface area contributed by atoms with Gasteiger partial charge in [-0.2, -0.15) is 0 Å². The van der Waals surface area contributed by atoms with E-state index in [2.05, 4.69) is 5.32 Å².